The molecule has 1 unspecified atom stereocenters. The highest BCUT2D eigenvalue weighted by Gasteiger charge is 2.73. The molecule has 336 valence electrons. The third-order valence-corrected chi connectivity index (χ3v) is 19.6. The number of allylic oxidation sites excluding steroid dienone is 1. The van der Waals surface area contributed by atoms with E-state index in [9.17, 15) is 19.8 Å². The maximum atomic E-state index is 14.9. The monoisotopic (exact) mass is 847 g/mol. The van der Waals surface area contributed by atoms with E-state index in [0.29, 0.717) is 43.4 Å². The SMILES string of the molecule is Cc1cc(CC2=CN(C[C@H]3C4=C([C@H](C)C[C@@H](O)[C@@H]5OC5(C)C)C(=O)C[C@@]4(C)[C@@]4(C)CC[C@@H]5[C@](C)(CCC(=O)[C@@]5(C)C5CCCC5)[C@@H]4[C@@H]3O)C3C=CN=C23)cc(C2CCOCC2)c1. The Morgan fingerprint density at radius 3 is 2.40 bits per heavy atom. The average Bonchev–Trinajstić information content (AvgIpc) is 3.80. The first-order chi connectivity index (χ1) is 29.4. The highest BCUT2D eigenvalue weighted by atomic mass is 16.6. The van der Waals surface area contributed by atoms with Crippen LogP contribution < -0.4 is 0 Å². The Hall–Kier alpha value is -2.91. The van der Waals surface area contributed by atoms with Gasteiger partial charge in [0.15, 0.2) is 5.78 Å². The Morgan fingerprint density at radius 2 is 1.69 bits per heavy atom. The molecule has 1 aromatic carbocycles. The standard InChI is InChI=1S/C54H74N2O6/c1-31-23-33(26-35(24-31)34-16-21-61-22-17-34)27-36-29-56(39-15-20-55-46(36)39)30-38-45-44(32(2)25-40(57)49-50(3,4)62-49)41(58)28-53(45,7)52(6)19-13-42-51(5,48(52)47(38)60)18-14-43(59)54(42,8)37-11-9-10-12-37/h15,20,23-24,26,29,32,34,37-40,42,47-49,57,60H,9-14,16-19,21-22,25,27-28,30H2,1-8H3/t32-,38+,39?,40-,42-,47-,48+,49+,51+,52+,53-,54+/m1/s1. The minimum atomic E-state index is -0.706. The number of carbonyl (C=O) groups excluding carboxylic acids is 2. The van der Waals surface area contributed by atoms with Crippen molar-refractivity contribution in [2.75, 3.05) is 19.8 Å². The highest BCUT2D eigenvalue weighted by Crippen LogP contribution is 2.76. The summed E-state index contributed by atoms with van der Waals surface area (Å²) in [5.74, 6) is 1.18. The zero-order valence-corrected chi connectivity index (χ0v) is 39.0. The summed E-state index contributed by atoms with van der Waals surface area (Å²) in [5.41, 5.74) is 6.43. The zero-order chi connectivity index (χ0) is 43.7. The molecule has 0 amide bonds. The van der Waals surface area contributed by atoms with Crippen LogP contribution in [0.4, 0.5) is 0 Å². The number of aliphatic hydroxyl groups excluding tert-OH is 2. The molecule has 4 heterocycles. The van der Waals surface area contributed by atoms with E-state index in [-0.39, 0.29) is 63.4 Å². The molecule has 10 rings (SSSR count). The fraction of sp³-hybridized carbons (Fsp3) is 0.722. The summed E-state index contributed by atoms with van der Waals surface area (Å²) in [6.45, 7) is 20.1. The van der Waals surface area contributed by atoms with Gasteiger partial charge in [-0.15, -0.1) is 0 Å². The number of ether oxygens (including phenoxy) is 2. The number of hydrogen-bond donors (Lipinski definition) is 2. The predicted octanol–water partition coefficient (Wildman–Crippen LogP) is 9.40. The van der Waals surface area contributed by atoms with E-state index in [1.807, 2.05) is 20.0 Å². The third kappa shape index (κ3) is 6.43. The Bertz CT molecular complexity index is 2140. The van der Waals surface area contributed by atoms with Crippen molar-refractivity contribution in [3.05, 3.63) is 70.1 Å². The molecular weight excluding hydrogens is 773 g/mol. The molecule has 8 nitrogen and oxygen atoms in total. The van der Waals surface area contributed by atoms with Crippen LogP contribution in [0.1, 0.15) is 148 Å². The summed E-state index contributed by atoms with van der Waals surface area (Å²) in [6, 6.07) is 7.05. The lowest BCUT2D eigenvalue weighted by atomic mass is 9.34. The lowest BCUT2D eigenvalue weighted by molar-refractivity contribution is -0.226. The number of ketones is 2. The molecule has 6 fully saturated rings. The number of aliphatic imine (C=N–C) groups is 1. The molecule has 1 aromatic rings. The number of aliphatic hydroxyl groups is 2. The van der Waals surface area contributed by atoms with Crippen LogP contribution >= 0.6 is 0 Å². The van der Waals surface area contributed by atoms with Gasteiger partial charge in [-0.25, -0.2) is 0 Å². The molecule has 9 aliphatic rings. The number of carbonyl (C=O) groups is 2. The Kier molecular flexibility index (Phi) is 10.5. The molecule has 8 heteroatoms. The van der Waals surface area contributed by atoms with Gasteiger partial charge in [0, 0.05) is 68.2 Å². The number of hydrogen-bond acceptors (Lipinski definition) is 8. The van der Waals surface area contributed by atoms with Gasteiger partial charge in [-0.2, -0.15) is 0 Å². The minimum Gasteiger partial charge on any atom is -0.392 e. The maximum Gasteiger partial charge on any atom is 0.160 e. The quantitative estimate of drug-likeness (QED) is 0.226. The van der Waals surface area contributed by atoms with Gasteiger partial charge in [0.25, 0.3) is 0 Å². The topological polar surface area (TPSA) is 112 Å². The fourth-order valence-electron chi connectivity index (χ4n) is 16.4. The molecule has 12 atom stereocenters. The molecule has 4 aliphatic heterocycles. The van der Waals surface area contributed by atoms with Crippen molar-refractivity contribution in [1.29, 1.82) is 0 Å². The van der Waals surface area contributed by atoms with Crippen molar-refractivity contribution in [2.24, 2.45) is 56.2 Å². The molecule has 2 saturated heterocycles. The molecule has 62 heavy (non-hydrogen) atoms. The summed E-state index contributed by atoms with van der Waals surface area (Å²) in [7, 11) is 0. The second-order valence-corrected chi connectivity index (χ2v) is 23.3. The second kappa shape index (κ2) is 15.1. The normalized spacial score (nSPS) is 41.2. The number of Topliss-reactive ketones (excluding diaryl/α,β-unsaturated/α-hetero) is 2. The van der Waals surface area contributed by atoms with Crippen molar-refractivity contribution < 1.29 is 29.3 Å². The van der Waals surface area contributed by atoms with Gasteiger partial charge in [0.2, 0.25) is 0 Å². The van der Waals surface area contributed by atoms with Crippen LogP contribution in [0.15, 0.2) is 58.4 Å². The maximum absolute atomic E-state index is 14.9. The van der Waals surface area contributed by atoms with E-state index in [2.05, 4.69) is 76.9 Å². The lowest BCUT2D eigenvalue weighted by Gasteiger charge is -2.70. The smallest absolute Gasteiger partial charge is 0.160 e. The van der Waals surface area contributed by atoms with E-state index >= 15 is 0 Å². The second-order valence-electron chi connectivity index (χ2n) is 23.3. The van der Waals surface area contributed by atoms with Crippen LogP contribution in [0.25, 0.3) is 0 Å². The predicted molar refractivity (Wildman–Crippen MR) is 243 cm³/mol. The average molecular weight is 847 g/mol. The third-order valence-electron chi connectivity index (χ3n) is 19.6. The van der Waals surface area contributed by atoms with Gasteiger partial charge in [-0.3, -0.25) is 14.6 Å². The fourth-order valence-corrected chi connectivity index (χ4v) is 16.4. The summed E-state index contributed by atoms with van der Waals surface area (Å²) in [5, 5.41) is 25.1. The van der Waals surface area contributed by atoms with Gasteiger partial charge in [0.05, 0.1) is 29.6 Å². The van der Waals surface area contributed by atoms with Crippen LogP contribution in [0.5, 0.6) is 0 Å². The Balaban J connectivity index is 1.04. The van der Waals surface area contributed by atoms with Crippen LogP contribution in [-0.2, 0) is 25.5 Å². The largest absolute Gasteiger partial charge is 0.392 e. The zero-order valence-electron chi connectivity index (χ0n) is 39.0. The van der Waals surface area contributed by atoms with Gasteiger partial charge in [-0.05, 0) is 146 Å². The molecule has 4 saturated carbocycles. The van der Waals surface area contributed by atoms with E-state index < -0.39 is 17.6 Å². The first kappa shape index (κ1) is 43.0. The molecule has 0 radical (unpaired) electrons. The number of benzene rings is 1. The van der Waals surface area contributed by atoms with Crippen LogP contribution in [0.3, 0.4) is 0 Å². The minimum absolute atomic E-state index is 0.0289. The van der Waals surface area contributed by atoms with Gasteiger partial charge >= 0.3 is 0 Å². The van der Waals surface area contributed by atoms with Crippen molar-refractivity contribution in [1.82, 2.24) is 4.90 Å². The van der Waals surface area contributed by atoms with Crippen molar-refractivity contribution >= 4 is 17.3 Å². The van der Waals surface area contributed by atoms with Gasteiger partial charge in [-0.1, -0.05) is 71.2 Å². The van der Waals surface area contributed by atoms with E-state index in [0.717, 1.165) is 81.4 Å². The number of epoxide rings is 1. The van der Waals surface area contributed by atoms with Crippen LogP contribution in [0.2, 0.25) is 0 Å². The Labute approximate surface area is 371 Å². The molecule has 0 aromatic heterocycles. The molecule has 0 bridgehead atoms. The van der Waals surface area contributed by atoms with Crippen molar-refractivity contribution in [3.63, 3.8) is 0 Å². The van der Waals surface area contributed by atoms with Gasteiger partial charge in [0.1, 0.15) is 11.9 Å². The summed E-state index contributed by atoms with van der Waals surface area (Å²) in [4.78, 5) is 36.6. The van der Waals surface area contributed by atoms with Crippen molar-refractivity contribution in [2.45, 2.75) is 175 Å². The highest BCUT2D eigenvalue weighted by molar-refractivity contribution is 6.09. The first-order valence-electron chi connectivity index (χ1n) is 24.6. The number of rotatable bonds is 10. The van der Waals surface area contributed by atoms with Crippen LogP contribution in [0, 0.1) is 58.2 Å². The van der Waals surface area contributed by atoms with E-state index in [1.165, 1.54) is 35.1 Å². The number of nitrogens with zero attached hydrogens (tertiary/aromatic N) is 2. The molecule has 0 spiro atoms. The molecular formula is C54H74N2O6. The number of fused-ring (bicyclic) bond motifs is 6. The summed E-state index contributed by atoms with van der Waals surface area (Å²) in [6.07, 6.45) is 16.5. The molecule has 5 aliphatic carbocycles. The van der Waals surface area contributed by atoms with Crippen LogP contribution in [-0.4, -0.2) is 82.1 Å². The van der Waals surface area contributed by atoms with E-state index in [4.69, 9.17) is 14.5 Å². The molecule has 2 N–H and O–H groups in total. The first-order valence-corrected chi connectivity index (χ1v) is 24.6. The number of aryl methyl sites for hydroxylation is 1. The van der Waals surface area contributed by atoms with E-state index in [1.54, 1.807) is 0 Å². The van der Waals surface area contributed by atoms with Gasteiger partial charge < -0.3 is 24.6 Å². The summed E-state index contributed by atoms with van der Waals surface area (Å²) < 4.78 is 11.6. The lowest BCUT2D eigenvalue weighted by Crippen LogP contribution is -2.69. The summed E-state index contributed by atoms with van der Waals surface area (Å²) >= 11 is 0. The Morgan fingerprint density at radius 1 is 0.968 bits per heavy atom. The van der Waals surface area contributed by atoms with Crippen molar-refractivity contribution in [3.8, 4) is 0 Å².